The summed E-state index contributed by atoms with van der Waals surface area (Å²) in [6.07, 6.45) is 3.80. The molecule has 2 heterocycles. The third-order valence-corrected chi connectivity index (χ3v) is 4.45. The molecule has 0 fully saturated rings. The van der Waals surface area contributed by atoms with Crippen LogP contribution >= 0.6 is 0 Å². The maximum absolute atomic E-state index is 9.32. The molecule has 0 aliphatic carbocycles. The van der Waals surface area contributed by atoms with Crippen molar-refractivity contribution in [2.45, 2.75) is 19.4 Å². The molecule has 0 aliphatic rings. The van der Waals surface area contributed by atoms with Gasteiger partial charge in [-0.15, -0.1) is 0 Å². The zero-order chi connectivity index (χ0) is 22.2. The second-order valence-corrected chi connectivity index (χ2v) is 7.44. The van der Waals surface area contributed by atoms with Gasteiger partial charge in [0.2, 0.25) is 5.69 Å². The van der Waals surface area contributed by atoms with Crippen molar-refractivity contribution >= 4 is 28.1 Å². The molecule has 0 radical (unpaired) electrons. The van der Waals surface area contributed by atoms with Gasteiger partial charge in [-0.05, 0) is 45.0 Å². The zero-order valence-corrected chi connectivity index (χ0v) is 18.0. The summed E-state index contributed by atoms with van der Waals surface area (Å²) >= 11 is 0. The van der Waals surface area contributed by atoms with Crippen molar-refractivity contribution in [1.82, 2.24) is 19.9 Å². The number of likely N-dealkylation sites (N-methyl/N-ethyl adjacent to an activating group) is 1. The van der Waals surface area contributed by atoms with E-state index in [0.717, 1.165) is 16.5 Å². The van der Waals surface area contributed by atoms with Crippen molar-refractivity contribution in [3.05, 3.63) is 42.4 Å². The Morgan fingerprint density at radius 2 is 2.06 bits per heavy atom. The lowest BCUT2D eigenvalue weighted by Crippen LogP contribution is -2.28. The highest BCUT2D eigenvalue weighted by Crippen LogP contribution is 2.26. The summed E-state index contributed by atoms with van der Waals surface area (Å²) in [7, 11) is 3.90. The molecule has 0 saturated heterocycles. The summed E-state index contributed by atoms with van der Waals surface area (Å²) in [6, 6.07) is 9.89. The largest absolute Gasteiger partial charge is 0.471 e. The molecule has 9 heteroatoms. The van der Waals surface area contributed by atoms with E-state index in [9.17, 15) is 5.26 Å². The number of nitrogens with one attached hydrogen (secondary N) is 2. The molecule has 0 aliphatic heterocycles. The van der Waals surface area contributed by atoms with Crippen molar-refractivity contribution in [2.75, 3.05) is 44.4 Å². The van der Waals surface area contributed by atoms with Gasteiger partial charge in [0, 0.05) is 37.0 Å². The molecule has 1 aromatic carbocycles. The third kappa shape index (κ3) is 6.01. The minimum atomic E-state index is -0.151. The Hall–Kier alpha value is -3.48. The van der Waals surface area contributed by atoms with Crippen LogP contribution in [0.2, 0.25) is 0 Å². The number of ether oxygens (including phenoxy) is 1. The lowest BCUT2D eigenvalue weighted by atomic mass is 10.1. The Labute approximate surface area is 181 Å². The molecule has 0 saturated carbocycles. The molecular formula is C22H27N7O2. The molecular weight excluding hydrogens is 394 g/mol. The van der Waals surface area contributed by atoms with Gasteiger partial charge in [-0.3, -0.25) is 0 Å². The summed E-state index contributed by atoms with van der Waals surface area (Å²) in [5, 5.41) is 26.7. The van der Waals surface area contributed by atoms with Crippen molar-refractivity contribution in [1.29, 1.82) is 5.26 Å². The minimum absolute atomic E-state index is 0.140. The van der Waals surface area contributed by atoms with E-state index >= 15 is 0 Å². The smallest absolute Gasteiger partial charge is 0.253 e. The van der Waals surface area contributed by atoms with Crippen molar-refractivity contribution in [3.8, 4) is 11.9 Å². The van der Waals surface area contributed by atoms with Crippen LogP contribution in [0.1, 0.15) is 19.0 Å². The predicted octanol–water partition coefficient (Wildman–Crippen LogP) is 2.76. The normalized spacial score (nSPS) is 11.9. The number of aromatic nitrogens is 3. The Balaban J connectivity index is 1.80. The lowest BCUT2D eigenvalue weighted by Gasteiger charge is -2.18. The predicted molar refractivity (Wildman–Crippen MR) is 121 cm³/mol. The fourth-order valence-corrected chi connectivity index (χ4v) is 3.16. The van der Waals surface area contributed by atoms with Gasteiger partial charge >= 0.3 is 0 Å². The molecule has 0 amide bonds. The number of rotatable bonds is 10. The van der Waals surface area contributed by atoms with Gasteiger partial charge in [-0.2, -0.15) is 10.2 Å². The van der Waals surface area contributed by atoms with E-state index in [4.69, 9.17) is 9.84 Å². The first-order valence-corrected chi connectivity index (χ1v) is 10.1. The van der Waals surface area contributed by atoms with Crippen LogP contribution < -0.4 is 15.4 Å². The Morgan fingerprint density at radius 1 is 1.23 bits per heavy atom. The third-order valence-electron chi connectivity index (χ3n) is 4.45. The monoisotopic (exact) mass is 421 g/mol. The number of aliphatic hydroxyl groups excluding tert-OH is 1. The number of pyridine rings is 1. The van der Waals surface area contributed by atoms with Crippen molar-refractivity contribution in [2.24, 2.45) is 0 Å². The number of benzene rings is 1. The number of hydrogen-bond acceptors (Lipinski definition) is 9. The molecule has 1 unspecified atom stereocenters. The van der Waals surface area contributed by atoms with Crippen LogP contribution in [-0.2, 0) is 0 Å². The summed E-state index contributed by atoms with van der Waals surface area (Å²) in [5.74, 6) is 1.24. The Morgan fingerprint density at radius 3 is 2.81 bits per heavy atom. The van der Waals surface area contributed by atoms with Crippen LogP contribution in [-0.4, -0.2) is 64.9 Å². The first-order valence-electron chi connectivity index (χ1n) is 10.1. The maximum atomic E-state index is 9.32. The molecule has 0 bridgehead atoms. The highest BCUT2D eigenvalue weighted by Gasteiger charge is 2.14. The molecule has 3 N–H and O–H groups in total. The second-order valence-electron chi connectivity index (χ2n) is 7.44. The number of aliphatic hydroxyl groups is 1. The Kier molecular flexibility index (Phi) is 7.54. The first kappa shape index (κ1) is 22.2. The molecule has 1 atom stereocenters. The van der Waals surface area contributed by atoms with Crippen LogP contribution in [0.25, 0.3) is 10.8 Å². The summed E-state index contributed by atoms with van der Waals surface area (Å²) in [4.78, 5) is 15.1. The minimum Gasteiger partial charge on any atom is -0.471 e. The maximum Gasteiger partial charge on any atom is 0.253 e. The fraction of sp³-hybridized carbons (Fsp3) is 0.364. The van der Waals surface area contributed by atoms with Gasteiger partial charge in [0.05, 0.1) is 6.20 Å². The average Bonchev–Trinajstić information content (AvgIpc) is 2.73. The van der Waals surface area contributed by atoms with E-state index in [1.165, 1.54) is 6.20 Å². The van der Waals surface area contributed by atoms with Crippen LogP contribution in [0, 0.1) is 11.3 Å². The number of hydrogen-bond donors (Lipinski definition) is 3. The summed E-state index contributed by atoms with van der Waals surface area (Å²) in [6.45, 7) is 3.44. The van der Waals surface area contributed by atoms with Gasteiger partial charge in [0.1, 0.15) is 18.0 Å². The molecule has 2 aromatic heterocycles. The molecule has 3 rings (SSSR count). The van der Waals surface area contributed by atoms with Gasteiger partial charge in [0.15, 0.2) is 5.82 Å². The van der Waals surface area contributed by atoms with E-state index in [0.29, 0.717) is 31.1 Å². The zero-order valence-electron chi connectivity index (χ0n) is 18.0. The first-order chi connectivity index (χ1) is 15.0. The number of anilines is 3. The van der Waals surface area contributed by atoms with Crippen LogP contribution in [0.5, 0.6) is 5.88 Å². The fourth-order valence-electron chi connectivity index (χ4n) is 3.16. The van der Waals surface area contributed by atoms with Crippen LogP contribution in [0.4, 0.5) is 17.3 Å². The van der Waals surface area contributed by atoms with Gasteiger partial charge < -0.3 is 25.4 Å². The van der Waals surface area contributed by atoms with E-state index < -0.39 is 0 Å². The topological polar surface area (TPSA) is 119 Å². The van der Waals surface area contributed by atoms with E-state index in [2.05, 4.69) is 25.6 Å². The van der Waals surface area contributed by atoms with Crippen molar-refractivity contribution in [3.63, 3.8) is 0 Å². The quantitative estimate of drug-likeness (QED) is 0.424. The summed E-state index contributed by atoms with van der Waals surface area (Å²) in [5.41, 5.74) is 1.11. The molecule has 9 nitrogen and oxygen atoms in total. The number of nitrogens with zero attached hydrogens (tertiary/aromatic N) is 5. The molecule has 0 spiro atoms. The average molecular weight is 422 g/mol. The number of nitriles is 1. The highest BCUT2D eigenvalue weighted by atomic mass is 16.5. The second kappa shape index (κ2) is 10.5. The molecule has 3 aromatic rings. The van der Waals surface area contributed by atoms with Crippen LogP contribution in [0.15, 0.2) is 36.7 Å². The van der Waals surface area contributed by atoms with E-state index in [1.54, 1.807) is 6.20 Å². The Bertz CT molecular complexity index is 1070. The van der Waals surface area contributed by atoms with Gasteiger partial charge in [-0.25, -0.2) is 9.97 Å². The molecule has 162 valence electrons. The van der Waals surface area contributed by atoms with Crippen LogP contribution in [0.3, 0.4) is 0 Å². The van der Waals surface area contributed by atoms with Crippen molar-refractivity contribution < 1.29 is 9.84 Å². The van der Waals surface area contributed by atoms with Gasteiger partial charge in [-0.1, -0.05) is 12.1 Å². The van der Waals surface area contributed by atoms with Gasteiger partial charge in [0.25, 0.3) is 5.88 Å². The lowest BCUT2D eigenvalue weighted by molar-refractivity contribution is 0.169. The SMILES string of the molecule is CC(CN(C)C)Oc1nc(Nc2cc3cccc(NCCCO)c3cn2)cnc1C#N. The van der Waals surface area contributed by atoms with E-state index in [1.807, 2.05) is 56.3 Å². The summed E-state index contributed by atoms with van der Waals surface area (Å²) < 4.78 is 5.83. The number of fused-ring (bicyclic) bond motifs is 1. The highest BCUT2D eigenvalue weighted by molar-refractivity contribution is 5.94. The standard InChI is InChI=1S/C22H27N7O2/c1-15(14-29(2)3)31-22-19(11-23)25-13-21(28-22)27-20-10-16-6-4-7-18(17(16)12-26-20)24-8-5-9-30/h4,6-7,10,12-13,15,24,30H,5,8-9,14H2,1-3H3,(H,26,27,28). The molecule has 31 heavy (non-hydrogen) atoms. The van der Waals surface area contributed by atoms with E-state index in [-0.39, 0.29) is 24.3 Å².